The molecule has 1 heterocycles. The molecule has 0 aliphatic rings. The van der Waals surface area contributed by atoms with Crippen LogP contribution in [0.25, 0.3) is 0 Å². The summed E-state index contributed by atoms with van der Waals surface area (Å²) in [5.74, 6) is 1.02. The predicted molar refractivity (Wildman–Crippen MR) is 65.0 cm³/mol. The topological polar surface area (TPSA) is 96.7 Å². The van der Waals surface area contributed by atoms with E-state index in [4.69, 9.17) is 15.5 Å². The average Bonchev–Trinajstić information content (AvgIpc) is 2.64. The van der Waals surface area contributed by atoms with Gasteiger partial charge < -0.3 is 20.8 Å². The summed E-state index contributed by atoms with van der Waals surface area (Å²) in [6.45, 7) is 8.35. The summed E-state index contributed by atoms with van der Waals surface area (Å²) in [4.78, 5) is 0. The molecule has 0 bridgehead atoms. The van der Waals surface area contributed by atoms with Crippen molar-refractivity contribution in [1.29, 1.82) is 0 Å². The molecule has 6 nitrogen and oxygen atoms in total. The Morgan fingerprint density at radius 3 is 2.65 bits per heavy atom. The molecule has 96 valence electrons. The number of nitrogens with two attached hydrogens (primary N) is 1. The Labute approximate surface area is 101 Å². The molecule has 0 radical (unpaired) electrons. The monoisotopic (exact) mass is 240 g/mol. The quantitative estimate of drug-likeness (QED) is 0.312. The molecular formula is C11H20N4O2. The highest BCUT2D eigenvalue weighted by molar-refractivity contribution is 5.82. The van der Waals surface area contributed by atoms with Crippen LogP contribution in [0, 0.1) is 19.8 Å². The number of aromatic nitrogens is 1. The van der Waals surface area contributed by atoms with Crippen molar-refractivity contribution in [2.24, 2.45) is 16.8 Å². The van der Waals surface area contributed by atoms with Crippen LogP contribution in [0.15, 0.2) is 9.68 Å². The standard InChI is InChI=1S/C11H20N4O2/c1-6(11(12)14-16)5-13-7(2)10-8(3)15-17-9(10)4/h6-7,13,16H,5H2,1-4H3,(H2,12,14). The molecule has 4 N–H and O–H groups in total. The lowest BCUT2D eigenvalue weighted by Crippen LogP contribution is -2.32. The van der Waals surface area contributed by atoms with E-state index in [1.165, 1.54) is 0 Å². The van der Waals surface area contributed by atoms with Crippen molar-refractivity contribution in [3.05, 3.63) is 17.0 Å². The van der Waals surface area contributed by atoms with E-state index in [0.29, 0.717) is 6.54 Å². The van der Waals surface area contributed by atoms with Crippen LogP contribution in [-0.2, 0) is 0 Å². The Kier molecular flexibility index (Phi) is 4.51. The summed E-state index contributed by atoms with van der Waals surface area (Å²) in [6.07, 6.45) is 0. The normalized spacial score (nSPS) is 15.9. The van der Waals surface area contributed by atoms with Crippen LogP contribution in [-0.4, -0.2) is 22.7 Å². The number of nitrogens with zero attached hydrogens (tertiary/aromatic N) is 2. The highest BCUT2D eigenvalue weighted by Crippen LogP contribution is 2.20. The summed E-state index contributed by atoms with van der Waals surface area (Å²) in [6, 6.07) is 0.121. The number of hydrogen-bond donors (Lipinski definition) is 3. The van der Waals surface area contributed by atoms with Crippen LogP contribution >= 0.6 is 0 Å². The van der Waals surface area contributed by atoms with E-state index in [1.807, 2.05) is 27.7 Å². The fourth-order valence-corrected chi connectivity index (χ4v) is 1.77. The highest BCUT2D eigenvalue weighted by atomic mass is 16.5. The zero-order valence-electron chi connectivity index (χ0n) is 10.7. The van der Waals surface area contributed by atoms with Crippen LogP contribution in [0.2, 0.25) is 0 Å². The molecule has 2 unspecified atom stereocenters. The van der Waals surface area contributed by atoms with Gasteiger partial charge in [-0.15, -0.1) is 0 Å². The van der Waals surface area contributed by atoms with Crippen molar-refractivity contribution < 1.29 is 9.73 Å². The molecule has 0 amide bonds. The van der Waals surface area contributed by atoms with Gasteiger partial charge in [0.1, 0.15) is 11.6 Å². The zero-order valence-corrected chi connectivity index (χ0v) is 10.7. The van der Waals surface area contributed by atoms with Gasteiger partial charge in [-0.1, -0.05) is 17.2 Å². The Bertz CT molecular complexity index is 381. The first-order valence-electron chi connectivity index (χ1n) is 5.61. The number of nitrogens with one attached hydrogen (secondary N) is 1. The summed E-state index contributed by atoms with van der Waals surface area (Å²) < 4.78 is 5.11. The van der Waals surface area contributed by atoms with E-state index in [2.05, 4.69) is 15.6 Å². The van der Waals surface area contributed by atoms with E-state index < -0.39 is 0 Å². The van der Waals surface area contributed by atoms with Gasteiger partial charge in [0.15, 0.2) is 0 Å². The molecule has 1 aromatic heterocycles. The molecule has 1 aromatic rings. The number of amidine groups is 1. The third-order valence-electron chi connectivity index (χ3n) is 2.87. The van der Waals surface area contributed by atoms with Gasteiger partial charge in [0.2, 0.25) is 0 Å². The number of oxime groups is 1. The molecule has 2 atom stereocenters. The van der Waals surface area contributed by atoms with Crippen molar-refractivity contribution in [3.8, 4) is 0 Å². The second kappa shape index (κ2) is 5.67. The minimum Gasteiger partial charge on any atom is -0.409 e. The molecular weight excluding hydrogens is 220 g/mol. The third kappa shape index (κ3) is 3.20. The second-order valence-electron chi connectivity index (χ2n) is 4.29. The minimum atomic E-state index is -0.0251. The summed E-state index contributed by atoms with van der Waals surface area (Å²) in [7, 11) is 0. The van der Waals surface area contributed by atoms with Crippen molar-refractivity contribution in [3.63, 3.8) is 0 Å². The molecule has 0 spiro atoms. The van der Waals surface area contributed by atoms with Gasteiger partial charge in [0.05, 0.1) is 5.69 Å². The smallest absolute Gasteiger partial charge is 0.143 e. The van der Waals surface area contributed by atoms with E-state index >= 15 is 0 Å². The maximum atomic E-state index is 8.55. The van der Waals surface area contributed by atoms with Crippen LogP contribution < -0.4 is 11.1 Å². The summed E-state index contributed by atoms with van der Waals surface area (Å²) in [5.41, 5.74) is 7.46. The van der Waals surface area contributed by atoms with Gasteiger partial charge in [-0.25, -0.2) is 0 Å². The van der Waals surface area contributed by atoms with Crippen molar-refractivity contribution in [1.82, 2.24) is 10.5 Å². The molecule has 0 saturated heterocycles. The first kappa shape index (κ1) is 13.5. The Balaban J connectivity index is 2.59. The van der Waals surface area contributed by atoms with Crippen LogP contribution in [0.3, 0.4) is 0 Å². The maximum absolute atomic E-state index is 8.55. The molecule has 1 rings (SSSR count). The fraction of sp³-hybridized carbons (Fsp3) is 0.636. The van der Waals surface area contributed by atoms with Gasteiger partial charge in [-0.2, -0.15) is 0 Å². The van der Waals surface area contributed by atoms with Gasteiger partial charge in [-0.05, 0) is 20.8 Å². The van der Waals surface area contributed by atoms with Crippen molar-refractivity contribution in [2.75, 3.05) is 6.54 Å². The van der Waals surface area contributed by atoms with Crippen molar-refractivity contribution in [2.45, 2.75) is 33.7 Å². The lowest BCUT2D eigenvalue weighted by molar-refractivity contribution is 0.313. The first-order chi connectivity index (χ1) is 7.97. The lowest BCUT2D eigenvalue weighted by atomic mass is 10.1. The first-order valence-corrected chi connectivity index (χ1v) is 5.61. The Hall–Kier alpha value is -1.56. The molecule has 17 heavy (non-hydrogen) atoms. The highest BCUT2D eigenvalue weighted by Gasteiger charge is 2.17. The van der Waals surface area contributed by atoms with E-state index in [1.54, 1.807) is 0 Å². The molecule has 0 aliphatic heterocycles. The Morgan fingerprint density at radius 2 is 2.18 bits per heavy atom. The SMILES string of the molecule is Cc1noc(C)c1C(C)NCC(C)C(N)=NO. The van der Waals surface area contributed by atoms with Gasteiger partial charge in [-0.3, -0.25) is 0 Å². The lowest BCUT2D eigenvalue weighted by Gasteiger charge is -2.16. The second-order valence-corrected chi connectivity index (χ2v) is 4.29. The fourth-order valence-electron chi connectivity index (χ4n) is 1.77. The molecule has 0 aromatic carbocycles. The Morgan fingerprint density at radius 1 is 1.53 bits per heavy atom. The van der Waals surface area contributed by atoms with Crippen LogP contribution in [0.5, 0.6) is 0 Å². The number of aryl methyl sites for hydroxylation is 2. The van der Waals surface area contributed by atoms with E-state index in [-0.39, 0.29) is 17.8 Å². The summed E-state index contributed by atoms with van der Waals surface area (Å²) >= 11 is 0. The van der Waals surface area contributed by atoms with Gasteiger partial charge in [0, 0.05) is 24.1 Å². The maximum Gasteiger partial charge on any atom is 0.143 e. The molecule has 0 saturated carbocycles. The number of hydrogen-bond acceptors (Lipinski definition) is 5. The minimum absolute atomic E-state index is 0.0251. The van der Waals surface area contributed by atoms with E-state index in [0.717, 1.165) is 17.0 Å². The summed E-state index contributed by atoms with van der Waals surface area (Å²) in [5, 5.41) is 18.8. The van der Waals surface area contributed by atoms with Gasteiger partial charge in [0.25, 0.3) is 0 Å². The molecule has 6 heteroatoms. The van der Waals surface area contributed by atoms with Crippen molar-refractivity contribution >= 4 is 5.84 Å². The molecule has 0 fully saturated rings. The third-order valence-corrected chi connectivity index (χ3v) is 2.87. The molecule has 0 aliphatic carbocycles. The van der Waals surface area contributed by atoms with Crippen LogP contribution in [0.4, 0.5) is 0 Å². The van der Waals surface area contributed by atoms with Gasteiger partial charge >= 0.3 is 0 Å². The number of rotatable bonds is 5. The average molecular weight is 240 g/mol. The van der Waals surface area contributed by atoms with Crippen LogP contribution in [0.1, 0.15) is 36.9 Å². The predicted octanol–water partition coefficient (Wildman–Crippen LogP) is 1.32. The zero-order chi connectivity index (χ0) is 13.0. The largest absolute Gasteiger partial charge is 0.409 e. The van der Waals surface area contributed by atoms with E-state index in [9.17, 15) is 0 Å².